The van der Waals surface area contributed by atoms with Crippen LogP contribution in [0.1, 0.15) is 18.4 Å². The molecular formula is C11H12ClN3O3S. The lowest BCUT2D eigenvalue weighted by Gasteiger charge is -2.07. The van der Waals surface area contributed by atoms with Crippen LogP contribution in [0.5, 0.6) is 0 Å². The van der Waals surface area contributed by atoms with Crippen molar-refractivity contribution in [3.05, 3.63) is 28.8 Å². The fraction of sp³-hybridized carbons (Fsp3) is 0.273. The van der Waals surface area contributed by atoms with Crippen molar-refractivity contribution in [3.63, 3.8) is 0 Å². The summed E-state index contributed by atoms with van der Waals surface area (Å²) in [5, 5.41) is 8.77. The van der Waals surface area contributed by atoms with Gasteiger partial charge in [0.2, 0.25) is 15.9 Å². The average molecular weight is 302 g/mol. The van der Waals surface area contributed by atoms with Crippen molar-refractivity contribution in [3.8, 4) is 6.07 Å². The number of rotatable bonds is 6. The summed E-state index contributed by atoms with van der Waals surface area (Å²) < 4.78 is 26.0. The number of primary amides is 1. The second kappa shape index (κ2) is 6.52. The number of hydrogen-bond donors (Lipinski definition) is 2. The lowest BCUT2D eigenvalue weighted by atomic mass is 10.2. The Hall–Kier alpha value is -1.62. The van der Waals surface area contributed by atoms with Crippen molar-refractivity contribution < 1.29 is 13.2 Å². The third-order valence-corrected chi connectivity index (χ3v) is 4.03. The largest absolute Gasteiger partial charge is 0.370 e. The molecular weight excluding hydrogens is 290 g/mol. The highest BCUT2D eigenvalue weighted by Gasteiger charge is 2.15. The van der Waals surface area contributed by atoms with E-state index >= 15 is 0 Å². The van der Waals surface area contributed by atoms with E-state index in [2.05, 4.69) is 4.72 Å². The standard InChI is InChI=1S/C11H12ClN3O3S/c12-10-6-9(4-3-8(10)7-13)19(17,18)15-5-1-2-11(14)16/h3-4,6,15H,1-2,5H2,(H2,14,16). The van der Waals surface area contributed by atoms with Crippen LogP contribution in [-0.2, 0) is 14.8 Å². The van der Waals surface area contributed by atoms with Crippen molar-refractivity contribution >= 4 is 27.5 Å². The molecule has 0 heterocycles. The summed E-state index contributed by atoms with van der Waals surface area (Å²) in [6.45, 7) is 0.100. The molecule has 0 aliphatic carbocycles. The molecule has 0 unspecified atom stereocenters. The molecule has 0 spiro atoms. The molecule has 0 bridgehead atoms. The van der Waals surface area contributed by atoms with E-state index in [0.29, 0.717) is 6.42 Å². The number of nitrogens with one attached hydrogen (secondary N) is 1. The lowest BCUT2D eigenvalue weighted by Crippen LogP contribution is -2.25. The Morgan fingerprint density at radius 3 is 2.68 bits per heavy atom. The first-order valence-corrected chi connectivity index (χ1v) is 7.20. The van der Waals surface area contributed by atoms with E-state index in [9.17, 15) is 13.2 Å². The minimum absolute atomic E-state index is 0.0319. The molecule has 0 aliphatic rings. The number of carbonyl (C=O) groups excluding carboxylic acids is 1. The van der Waals surface area contributed by atoms with E-state index < -0.39 is 15.9 Å². The molecule has 3 N–H and O–H groups in total. The number of amides is 1. The van der Waals surface area contributed by atoms with Crippen LogP contribution in [0.3, 0.4) is 0 Å². The molecule has 6 nitrogen and oxygen atoms in total. The second-order valence-corrected chi connectivity index (χ2v) is 5.90. The smallest absolute Gasteiger partial charge is 0.240 e. The number of nitriles is 1. The zero-order valence-electron chi connectivity index (χ0n) is 9.89. The zero-order chi connectivity index (χ0) is 14.5. The Kier molecular flexibility index (Phi) is 5.30. The number of hydrogen-bond acceptors (Lipinski definition) is 4. The summed E-state index contributed by atoms with van der Waals surface area (Å²) in [7, 11) is -3.70. The van der Waals surface area contributed by atoms with Gasteiger partial charge in [-0.3, -0.25) is 4.79 Å². The summed E-state index contributed by atoms with van der Waals surface area (Å²) in [5.41, 5.74) is 5.14. The minimum Gasteiger partial charge on any atom is -0.370 e. The highest BCUT2D eigenvalue weighted by molar-refractivity contribution is 7.89. The minimum atomic E-state index is -3.70. The zero-order valence-corrected chi connectivity index (χ0v) is 11.5. The molecule has 0 aromatic heterocycles. The average Bonchev–Trinajstić information content (AvgIpc) is 2.34. The number of sulfonamides is 1. The van der Waals surface area contributed by atoms with Crippen LogP contribution in [0.4, 0.5) is 0 Å². The summed E-state index contributed by atoms with van der Waals surface area (Å²) in [6, 6.07) is 5.67. The van der Waals surface area contributed by atoms with E-state index in [0.717, 1.165) is 0 Å². The lowest BCUT2D eigenvalue weighted by molar-refractivity contribution is -0.118. The van der Waals surface area contributed by atoms with E-state index in [4.69, 9.17) is 22.6 Å². The number of carbonyl (C=O) groups is 1. The highest BCUT2D eigenvalue weighted by Crippen LogP contribution is 2.19. The maximum Gasteiger partial charge on any atom is 0.240 e. The molecule has 0 radical (unpaired) electrons. The van der Waals surface area contributed by atoms with Gasteiger partial charge >= 0.3 is 0 Å². The Morgan fingerprint density at radius 1 is 1.47 bits per heavy atom. The van der Waals surface area contributed by atoms with Gasteiger partial charge in [-0.2, -0.15) is 5.26 Å². The molecule has 1 rings (SSSR count). The van der Waals surface area contributed by atoms with E-state index in [1.54, 1.807) is 0 Å². The monoisotopic (exact) mass is 301 g/mol. The number of nitrogens with two attached hydrogens (primary N) is 1. The van der Waals surface area contributed by atoms with Gasteiger partial charge < -0.3 is 5.73 Å². The highest BCUT2D eigenvalue weighted by atomic mass is 35.5. The second-order valence-electron chi connectivity index (χ2n) is 3.72. The van der Waals surface area contributed by atoms with Gasteiger partial charge in [0.15, 0.2) is 0 Å². The van der Waals surface area contributed by atoms with Crippen LogP contribution in [0, 0.1) is 11.3 Å². The number of halogens is 1. The summed E-state index contributed by atoms with van der Waals surface area (Å²) in [5.74, 6) is -0.486. The molecule has 0 saturated heterocycles. The normalized spacial score (nSPS) is 10.9. The quantitative estimate of drug-likeness (QED) is 0.755. The Morgan fingerprint density at radius 2 is 2.16 bits per heavy atom. The molecule has 1 amide bonds. The molecule has 102 valence electrons. The summed E-state index contributed by atoms with van der Waals surface area (Å²) >= 11 is 5.76. The van der Waals surface area contributed by atoms with E-state index in [-0.39, 0.29) is 28.4 Å². The number of benzene rings is 1. The van der Waals surface area contributed by atoms with Gasteiger partial charge in [0.25, 0.3) is 0 Å². The van der Waals surface area contributed by atoms with Crippen LogP contribution in [-0.4, -0.2) is 20.9 Å². The Labute approximate surface area is 116 Å². The molecule has 0 aliphatic heterocycles. The van der Waals surface area contributed by atoms with Gasteiger partial charge in [-0.1, -0.05) is 11.6 Å². The third kappa shape index (κ3) is 4.52. The first kappa shape index (κ1) is 15.4. The van der Waals surface area contributed by atoms with Gasteiger partial charge in [-0.05, 0) is 24.6 Å². The fourth-order valence-corrected chi connectivity index (χ4v) is 2.69. The van der Waals surface area contributed by atoms with Gasteiger partial charge in [0.05, 0.1) is 15.5 Å². The molecule has 0 saturated carbocycles. The van der Waals surface area contributed by atoms with E-state index in [1.807, 2.05) is 6.07 Å². The molecule has 0 fully saturated rings. The van der Waals surface area contributed by atoms with Crippen LogP contribution in [0.2, 0.25) is 5.02 Å². The SMILES string of the molecule is N#Cc1ccc(S(=O)(=O)NCCCC(N)=O)cc1Cl. The predicted molar refractivity (Wildman–Crippen MR) is 69.8 cm³/mol. The maximum absolute atomic E-state index is 11.9. The third-order valence-electron chi connectivity index (χ3n) is 2.26. The van der Waals surface area contributed by atoms with Gasteiger partial charge in [-0.25, -0.2) is 13.1 Å². The molecule has 0 atom stereocenters. The number of nitrogens with zero attached hydrogens (tertiary/aromatic N) is 1. The van der Waals surface area contributed by atoms with Crippen LogP contribution < -0.4 is 10.5 Å². The van der Waals surface area contributed by atoms with Gasteiger partial charge in [-0.15, -0.1) is 0 Å². The van der Waals surface area contributed by atoms with Gasteiger partial charge in [0, 0.05) is 13.0 Å². The van der Waals surface area contributed by atoms with E-state index in [1.165, 1.54) is 18.2 Å². The summed E-state index contributed by atoms with van der Waals surface area (Å²) in [4.78, 5) is 10.5. The van der Waals surface area contributed by atoms with Crippen LogP contribution in [0.15, 0.2) is 23.1 Å². The predicted octanol–water partition coefficient (Wildman–Crippen LogP) is 0.755. The van der Waals surface area contributed by atoms with Crippen molar-refractivity contribution in [1.82, 2.24) is 4.72 Å². The first-order chi connectivity index (χ1) is 8.86. The summed E-state index contributed by atoms with van der Waals surface area (Å²) in [6.07, 6.45) is 0.426. The molecule has 19 heavy (non-hydrogen) atoms. The van der Waals surface area contributed by atoms with Crippen LogP contribution >= 0.6 is 11.6 Å². The molecule has 8 heteroatoms. The van der Waals surface area contributed by atoms with Gasteiger partial charge in [0.1, 0.15) is 6.07 Å². The molecule has 1 aromatic rings. The van der Waals surface area contributed by atoms with Crippen LogP contribution in [0.25, 0.3) is 0 Å². The maximum atomic E-state index is 11.9. The first-order valence-electron chi connectivity index (χ1n) is 5.34. The molecule has 1 aromatic carbocycles. The fourth-order valence-electron chi connectivity index (χ4n) is 1.31. The Balaban J connectivity index is 2.75. The van der Waals surface area contributed by atoms with Crippen molar-refractivity contribution in [1.29, 1.82) is 5.26 Å². The van der Waals surface area contributed by atoms with Crippen molar-refractivity contribution in [2.45, 2.75) is 17.7 Å². The topological polar surface area (TPSA) is 113 Å². The van der Waals surface area contributed by atoms with Crippen molar-refractivity contribution in [2.24, 2.45) is 5.73 Å². The Bertz CT molecular complexity index is 623. The van der Waals surface area contributed by atoms with Crippen molar-refractivity contribution in [2.75, 3.05) is 6.54 Å².